The predicted molar refractivity (Wildman–Crippen MR) is 119 cm³/mol. The third kappa shape index (κ3) is 4.87. The van der Waals surface area contributed by atoms with E-state index in [1.807, 2.05) is 30.3 Å². The maximum absolute atomic E-state index is 14.0. The molecule has 3 aromatic carbocycles. The topological polar surface area (TPSA) is 118 Å². The number of hydrogen-bond donors (Lipinski definition) is 2. The molecule has 2 N–H and O–H groups in total. The molecular weight excluding hydrogens is 413 g/mol. The van der Waals surface area contributed by atoms with Crippen molar-refractivity contribution < 1.29 is 9.31 Å². The highest BCUT2D eigenvalue weighted by molar-refractivity contribution is 5.77. The van der Waals surface area contributed by atoms with Gasteiger partial charge in [0.15, 0.2) is 0 Å². The van der Waals surface area contributed by atoms with E-state index >= 15 is 0 Å². The molecule has 1 aromatic heterocycles. The van der Waals surface area contributed by atoms with Crippen molar-refractivity contribution in [1.82, 2.24) is 9.97 Å². The lowest BCUT2D eigenvalue weighted by Gasteiger charge is -2.10. The Morgan fingerprint density at radius 2 is 1.38 bits per heavy atom. The van der Waals surface area contributed by atoms with E-state index < -0.39 is 16.4 Å². The summed E-state index contributed by atoms with van der Waals surface area (Å²) in [6, 6.07) is 21.9. The number of hydrogen-bond acceptors (Lipinski definition) is 8. The van der Waals surface area contributed by atoms with Crippen molar-refractivity contribution in [3.63, 3.8) is 0 Å². The van der Waals surface area contributed by atoms with E-state index in [-0.39, 0.29) is 17.3 Å². The number of nitrogens with zero attached hydrogens (tertiary/aromatic N) is 5. The Morgan fingerprint density at radius 1 is 0.781 bits per heavy atom. The van der Waals surface area contributed by atoms with Crippen LogP contribution < -0.4 is 10.6 Å². The molecule has 0 spiro atoms. The molecule has 0 aliphatic carbocycles. The van der Waals surface area contributed by atoms with Gasteiger partial charge < -0.3 is 10.6 Å². The van der Waals surface area contributed by atoms with Crippen LogP contribution in [-0.4, -0.2) is 14.9 Å². The first-order valence-corrected chi connectivity index (χ1v) is 9.45. The lowest BCUT2D eigenvalue weighted by molar-refractivity contribution is -0.383. The van der Waals surface area contributed by atoms with Gasteiger partial charge in [0.25, 0.3) is 0 Å². The average Bonchev–Trinajstić information content (AvgIpc) is 2.81. The van der Waals surface area contributed by atoms with Crippen LogP contribution in [0.25, 0.3) is 0 Å². The first-order chi connectivity index (χ1) is 15.6. The van der Waals surface area contributed by atoms with Gasteiger partial charge in [0, 0.05) is 5.69 Å². The molecule has 1 heterocycles. The van der Waals surface area contributed by atoms with E-state index in [4.69, 9.17) is 0 Å². The van der Waals surface area contributed by atoms with Gasteiger partial charge in [-0.15, -0.1) is 0 Å². The number of azo groups is 1. The first kappa shape index (κ1) is 20.5. The van der Waals surface area contributed by atoms with E-state index in [1.54, 1.807) is 30.3 Å². The second-order valence-electron chi connectivity index (χ2n) is 6.49. The van der Waals surface area contributed by atoms with Crippen LogP contribution in [0.4, 0.5) is 44.5 Å². The van der Waals surface area contributed by atoms with Gasteiger partial charge in [-0.25, -0.2) is 14.4 Å². The molecule has 0 saturated heterocycles. The maximum atomic E-state index is 14.0. The SMILES string of the molecule is O=[N+]([O-])c1c(Nc2ccc(N=Nc3ccccc3)cc2)ncnc1Nc1ccccc1F. The smallest absolute Gasteiger partial charge is 0.334 e. The molecular formula is C22H16FN7O2. The number of aromatic nitrogens is 2. The van der Waals surface area contributed by atoms with Crippen molar-refractivity contribution in [2.75, 3.05) is 10.6 Å². The second-order valence-corrected chi connectivity index (χ2v) is 6.49. The molecule has 32 heavy (non-hydrogen) atoms. The summed E-state index contributed by atoms with van der Waals surface area (Å²) in [5.41, 5.74) is 1.53. The quantitative estimate of drug-likeness (QED) is 0.199. The van der Waals surface area contributed by atoms with Gasteiger partial charge in [-0.05, 0) is 48.5 Å². The maximum Gasteiger partial charge on any atom is 0.353 e. The largest absolute Gasteiger partial charge is 0.353 e. The van der Waals surface area contributed by atoms with Crippen LogP contribution in [0.3, 0.4) is 0 Å². The molecule has 0 aliphatic rings. The molecule has 0 atom stereocenters. The second kappa shape index (κ2) is 9.39. The number of anilines is 4. The monoisotopic (exact) mass is 429 g/mol. The van der Waals surface area contributed by atoms with Crippen LogP contribution in [0.15, 0.2) is 95.4 Å². The van der Waals surface area contributed by atoms with Crippen molar-refractivity contribution in [2.24, 2.45) is 10.2 Å². The molecule has 9 nitrogen and oxygen atoms in total. The summed E-state index contributed by atoms with van der Waals surface area (Å²) in [7, 11) is 0. The molecule has 0 amide bonds. The minimum absolute atomic E-state index is 0.0394. The molecule has 158 valence electrons. The van der Waals surface area contributed by atoms with Crippen molar-refractivity contribution in [3.8, 4) is 0 Å². The third-order valence-electron chi connectivity index (χ3n) is 4.30. The summed E-state index contributed by atoms with van der Waals surface area (Å²) in [6.45, 7) is 0. The predicted octanol–water partition coefficient (Wildman–Crippen LogP) is 6.43. The summed E-state index contributed by atoms with van der Waals surface area (Å²) in [5, 5.41) is 25.6. The van der Waals surface area contributed by atoms with Crippen LogP contribution >= 0.6 is 0 Å². The van der Waals surface area contributed by atoms with Gasteiger partial charge in [-0.2, -0.15) is 10.2 Å². The lowest BCUT2D eigenvalue weighted by atomic mass is 10.2. The van der Waals surface area contributed by atoms with Crippen molar-refractivity contribution >= 4 is 40.1 Å². The normalized spacial score (nSPS) is 10.8. The fourth-order valence-electron chi connectivity index (χ4n) is 2.78. The summed E-state index contributed by atoms with van der Waals surface area (Å²) in [4.78, 5) is 19.0. The van der Waals surface area contributed by atoms with E-state index in [0.29, 0.717) is 11.4 Å². The molecule has 0 saturated carbocycles. The standard InChI is InChI=1S/C22H16FN7O2/c23-18-8-4-5-9-19(18)27-22-20(30(31)32)21(24-14-25-22)26-15-10-12-17(13-11-15)29-28-16-6-2-1-3-7-16/h1-14H,(H2,24,25,26,27). The first-order valence-electron chi connectivity index (χ1n) is 9.45. The van der Waals surface area contributed by atoms with Crippen LogP contribution in [0, 0.1) is 15.9 Å². The molecule has 4 rings (SSSR count). The van der Waals surface area contributed by atoms with E-state index in [1.165, 1.54) is 18.2 Å². The average molecular weight is 429 g/mol. The molecule has 10 heteroatoms. The fraction of sp³-hybridized carbons (Fsp3) is 0. The van der Waals surface area contributed by atoms with Crippen LogP contribution in [0.5, 0.6) is 0 Å². The van der Waals surface area contributed by atoms with Crippen LogP contribution in [0.2, 0.25) is 0 Å². The number of nitro groups is 1. The lowest BCUT2D eigenvalue weighted by Crippen LogP contribution is -2.06. The fourth-order valence-corrected chi connectivity index (χ4v) is 2.78. The number of halogens is 1. The van der Waals surface area contributed by atoms with Crippen molar-refractivity contribution in [3.05, 3.63) is 101 Å². The zero-order valence-corrected chi connectivity index (χ0v) is 16.5. The summed E-state index contributed by atoms with van der Waals surface area (Å²) in [6.07, 6.45) is 1.15. The van der Waals surface area contributed by atoms with E-state index in [9.17, 15) is 14.5 Å². The highest BCUT2D eigenvalue weighted by Crippen LogP contribution is 2.33. The molecule has 0 fully saturated rings. The molecule has 0 unspecified atom stereocenters. The Labute approximate surface area is 181 Å². The zero-order chi connectivity index (χ0) is 22.3. The summed E-state index contributed by atoms with van der Waals surface area (Å²) in [5.74, 6) is -0.733. The molecule has 0 bridgehead atoms. The Bertz CT molecular complexity index is 1270. The molecule has 0 radical (unpaired) electrons. The minimum atomic E-state index is -0.631. The Kier molecular flexibility index (Phi) is 6.03. The zero-order valence-electron chi connectivity index (χ0n) is 16.5. The Morgan fingerprint density at radius 3 is 2.03 bits per heavy atom. The van der Waals surface area contributed by atoms with E-state index in [2.05, 4.69) is 30.8 Å². The van der Waals surface area contributed by atoms with Gasteiger partial charge >= 0.3 is 5.69 Å². The third-order valence-corrected chi connectivity index (χ3v) is 4.30. The number of para-hydroxylation sites is 1. The van der Waals surface area contributed by atoms with Crippen LogP contribution in [-0.2, 0) is 0 Å². The molecule has 4 aromatic rings. The number of benzene rings is 3. The van der Waals surface area contributed by atoms with E-state index in [0.717, 1.165) is 12.0 Å². The summed E-state index contributed by atoms with van der Waals surface area (Å²) >= 11 is 0. The van der Waals surface area contributed by atoms with Crippen molar-refractivity contribution in [1.29, 1.82) is 0 Å². The minimum Gasteiger partial charge on any atom is -0.334 e. The van der Waals surface area contributed by atoms with Crippen LogP contribution in [0.1, 0.15) is 0 Å². The highest BCUT2D eigenvalue weighted by Gasteiger charge is 2.24. The molecule has 0 aliphatic heterocycles. The van der Waals surface area contributed by atoms with Gasteiger partial charge in [0.2, 0.25) is 11.6 Å². The van der Waals surface area contributed by atoms with Gasteiger partial charge in [0.05, 0.1) is 22.0 Å². The van der Waals surface area contributed by atoms with Gasteiger partial charge in [-0.3, -0.25) is 10.1 Å². The Balaban J connectivity index is 1.55. The number of nitrogens with one attached hydrogen (secondary N) is 2. The Hall–Kier alpha value is -4.73. The highest BCUT2D eigenvalue weighted by atomic mass is 19.1. The summed E-state index contributed by atoms with van der Waals surface area (Å²) < 4.78 is 14.0. The van der Waals surface area contributed by atoms with Crippen molar-refractivity contribution in [2.45, 2.75) is 0 Å². The van der Waals surface area contributed by atoms with Gasteiger partial charge in [-0.1, -0.05) is 30.3 Å². The number of rotatable bonds is 7. The van der Waals surface area contributed by atoms with Gasteiger partial charge in [0.1, 0.15) is 12.1 Å².